The van der Waals surface area contributed by atoms with E-state index in [-0.39, 0.29) is 24.2 Å². The van der Waals surface area contributed by atoms with Gasteiger partial charge in [-0.15, -0.1) is 12.4 Å². The molecule has 1 fully saturated rings. The first-order valence-corrected chi connectivity index (χ1v) is 10.6. The summed E-state index contributed by atoms with van der Waals surface area (Å²) in [5.41, 5.74) is 7.53. The van der Waals surface area contributed by atoms with Crippen LogP contribution in [-0.2, 0) is 16.0 Å². The van der Waals surface area contributed by atoms with Crippen molar-refractivity contribution in [2.24, 2.45) is 5.73 Å². The van der Waals surface area contributed by atoms with Gasteiger partial charge in [-0.2, -0.15) is 23.5 Å². The van der Waals surface area contributed by atoms with Crippen molar-refractivity contribution in [3.05, 3.63) is 29.8 Å². The summed E-state index contributed by atoms with van der Waals surface area (Å²) < 4.78 is 0. The number of anilines is 1. The van der Waals surface area contributed by atoms with Crippen molar-refractivity contribution in [2.75, 3.05) is 41.9 Å². The van der Waals surface area contributed by atoms with E-state index in [9.17, 15) is 9.59 Å². The van der Waals surface area contributed by atoms with Crippen LogP contribution in [0, 0.1) is 0 Å². The first-order chi connectivity index (χ1) is 11.6. The number of nitrogens with one attached hydrogen (secondary N) is 1. The monoisotopic (exact) mass is 403 g/mol. The number of hydrogen-bond acceptors (Lipinski definition) is 5. The average Bonchev–Trinajstić information content (AvgIpc) is 2.62. The van der Waals surface area contributed by atoms with Crippen molar-refractivity contribution in [1.29, 1.82) is 0 Å². The lowest BCUT2D eigenvalue weighted by molar-refractivity contribution is -0.130. The molecular formula is C17H26ClN3O2S2. The van der Waals surface area contributed by atoms with E-state index in [0.29, 0.717) is 18.5 Å². The Morgan fingerprint density at radius 1 is 1.28 bits per heavy atom. The SMILES string of the molecule is CSCC[C@H](N)C(=O)Nc1ccc(CC(=O)N2CCSCC2)cc1.Cl. The molecule has 1 atom stereocenters. The predicted octanol–water partition coefficient (Wildman–Crippen LogP) is 2.25. The average molecular weight is 404 g/mol. The molecule has 0 aromatic heterocycles. The van der Waals surface area contributed by atoms with E-state index in [1.165, 1.54) is 0 Å². The molecule has 1 heterocycles. The Labute approximate surface area is 164 Å². The van der Waals surface area contributed by atoms with Gasteiger partial charge in [0.15, 0.2) is 0 Å². The van der Waals surface area contributed by atoms with Crippen molar-refractivity contribution in [3.8, 4) is 0 Å². The molecule has 0 bridgehead atoms. The van der Waals surface area contributed by atoms with Gasteiger partial charge in [0, 0.05) is 30.3 Å². The van der Waals surface area contributed by atoms with Gasteiger partial charge in [-0.1, -0.05) is 12.1 Å². The van der Waals surface area contributed by atoms with E-state index < -0.39 is 6.04 Å². The highest BCUT2D eigenvalue weighted by Gasteiger charge is 2.17. The van der Waals surface area contributed by atoms with Gasteiger partial charge in [-0.05, 0) is 36.1 Å². The quantitative estimate of drug-likeness (QED) is 0.730. The molecule has 1 aromatic rings. The van der Waals surface area contributed by atoms with E-state index in [1.54, 1.807) is 11.8 Å². The lowest BCUT2D eigenvalue weighted by Gasteiger charge is -2.26. The number of benzene rings is 1. The van der Waals surface area contributed by atoms with Crippen LogP contribution in [-0.4, -0.2) is 59.4 Å². The largest absolute Gasteiger partial charge is 0.341 e. The number of hydrogen-bond donors (Lipinski definition) is 2. The normalized spacial score (nSPS) is 15.2. The Kier molecular flexibility index (Phi) is 10.3. The van der Waals surface area contributed by atoms with Crippen LogP contribution >= 0.6 is 35.9 Å². The van der Waals surface area contributed by atoms with Crippen molar-refractivity contribution in [1.82, 2.24) is 4.90 Å². The van der Waals surface area contributed by atoms with Gasteiger partial charge < -0.3 is 16.0 Å². The third-order valence-corrected chi connectivity index (χ3v) is 5.50. The maximum absolute atomic E-state index is 12.2. The van der Waals surface area contributed by atoms with Gasteiger partial charge in [0.1, 0.15) is 0 Å². The third-order valence-electron chi connectivity index (χ3n) is 3.91. The number of thioether (sulfide) groups is 2. The molecule has 140 valence electrons. The molecule has 8 heteroatoms. The van der Waals surface area contributed by atoms with Crippen LogP contribution in [0.4, 0.5) is 5.69 Å². The van der Waals surface area contributed by atoms with Crippen LogP contribution in [0.15, 0.2) is 24.3 Å². The topological polar surface area (TPSA) is 75.4 Å². The van der Waals surface area contributed by atoms with Crippen LogP contribution in [0.3, 0.4) is 0 Å². The molecule has 0 spiro atoms. The zero-order valence-electron chi connectivity index (χ0n) is 14.4. The van der Waals surface area contributed by atoms with Gasteiger partial charge in [0.25, 0.3) is 0 Å². The molecule has 0 radical (unpaired) electrons. The van der Waals surface area contributed by atoms with Crippen LogP contribution in [0.2, 0.25) is 0 Å². The van der Waals surface area contributed by atoms with E-state index in [4.69, 9.17) is 5.73 Å². The Bertz CT molecular complexity index is 551. The van der Waals surface area contributed by atoms with Crippen LogP contribution < -0.4 is 11.1 Å². The van der Waals surface area contributed by atoms with Crippen LogP contribution in [0.5, 0.6) is 0 Å². The molecule has 5 nitrogen and oxygen atoms in total. The maximum Gasteiger partial charge on any atom is 0.241 e. The highest BCUT2D eigenvalue weighted by molar-refractivity contribution is 7.99. The molecule has 0 unspecified atom stereocenters. The second-order valence-corrected chi connectivity index (χ2v) is 7.95. The van der Waals surface area contributed by atoms with Crippen LogP contribution in [0.25, 0.3) is 0 Å². The fourth-order valence-corrected chi connectivity index (χ4v) is 3.81. The zero-order chi connectivity index (χ0) is 17.4. The van der Waals surface area contributed by atoms with E-state index in [0.717, 1.165) is 35.9 Å². The summed E-state index contributed by atoms with van der Waals surface area (Å²) in [5, 5.41) is 2.82. The summed E-state index contributed by atoms with van der Waals surface area (Å²) >= 11 is 3.57. The van der Waals surface area contributed by atoms with Gasteiger partial charge in [-0.3, -0.25) is 9.59 Å². The second kappa shape index (κ2) is 11.7. The van der Waals surface area contributed by atoms with Crippen LogP contribution in [0.1, 0.15) is 12.0 Å². The number of nitrogens with zero attached hydrogens (tertiary/aromatic N) is 1. The fraction of sp³-hybridized carbons (Fsp3) is 0.529. The number of amides is 2. The third kappa shape index (κ3) is 7.48. The molecule has 2 amide bonds. The van der Waals surface area contributed by atoms with E-state index >= 15 is 0 Å². The molecule has 3 N–H and O–H groups in total. The molecule has 0 aliphatic carbocycles. The number of carbonyl (C=O) groups excluding carboxylic acids is 2. The fourth-order valence-electron chi connectivity index (χ4n) is 2.42. The minimum atomic E-state index is -0.490. The van der Waals surface area contributed by atoms with Gasteiger partial charge in [0.05, 0.1) is 12.5 Å². The molecule has 2 rings (SSSR count). The Morgan fingerprint density at radius 2 is 1.92 bits per heavy atom. The van der Waals surface area contributed by atoms with E-state index in [2.05, 4.69) is 5.32 Å². The molecule has 25 heavy (non-hydrogen) atoms. The highest BCUT2D eigenvalue weighted by atomic mass is 35.5. The van der Waals surface area contributed by atoms with Gasteiger partial charge in [0.2, 0.25) is 11.8 Å². The van der Waals surface area contributed by atoms with Crippen molar-refractivity contribution < 1.29 is 9.59 Å². The molecule has 1 saturated heterocycles. The first-order valence-electron chi connectivity index (χ1n) is 8.10. The molecule has 0 saturated carbocycles. The summed E-state index contributed by atoms with van der Waals surface area (Å²) in [4.78, 5) is 26.2. The van der Waals surface area contributed by atoms with E-state index in [1.807, 2.05) is 47.2 Å². The summed E-state index contributed by atoms with van der Waals surface area (Å²) in [6.45, 7) is 1.68. The second-order valence-electron chi connectivity index (χ2n) is 5.74. The van der Waals surface area contributed by atoms with Gasteiger partial charge in [-0.25, -0.2) is 0 Å². The number of nitrogens with two attached hydrogens (primary N) is 1. The lowest BCUT2D eigenvalue weighted by atomic mass is 10.1. The summed E-state index contributed by atoms with van der Waals surface area (Å²) in [6, 6.07) is 6.94. The first kappa shape index (κ1) is 22.2. The molecule has 1 aliphatic rings. The zero-order valence-corrected chi connectivity index (χ0v) is 16.9. The molecule has 1 aromatic carbocycles. The molecular weight excluding hydrogens is 378 g/mol. The summed E-state index contributed by atoms with van der Waals surface area (Å²) in [7, 11) is 0. The number of halogens is 1. The van der Waals surface area contributed by atoms with Crippen molar-refractivity contribution in [2.45, 2.75) is 18.9 Å². The Morgan fingerprint density at radius 3 is 2.52 bits per heavy atom. The highest BCUT2D eigenvalue weighted by Crippen LogP contribution is 2.14. The standard InChI is InChI=1S/C17H25N3O2S2.ClH/c1-23-9-6-15(18)17(22)19-14-4-2-13(3-5-14)12-16(21)20-7-10-24-11-8-20;/h2-5,15H,6-12,18H2,1H3,(H,19,22);1H/t15-;/m0./s1. The Balaban J connectivity index is 0.00000312. The lowest BCUT2D eigenvalue weighted by Crippen LogP contribution is -2.38. The summed E-state index contributed by atoms with van der Waals surface area (Å²) in [5.74, 6) is 2.91. The van der Waals surface area contributed by atoms with Crippen molar-refractivity contribution >= 4 is 53.4 Å². The summed E-state index contributed by atoms with van der Waals surface area (Å²) in [6.07, 6.45) is 3.06. The maximum atomic E-state index is 12.2. The van der Waals surface area contributed by atoms with Gasteiger partial charge >= 0.3 is 0 Å². The number of carbonyl (C=O) groups is 2. The van der Waals surface area contributed by atoms with Crippen molar-refractivity contribution in [3.63, 3.8) is 0 Å². The smallest absolute Gasteiger partial charge is 0.241 e. The minimum Gasteiger partial charge on any atom is -0.341 e. The number of rotatable bonds is 7. The minimum absolute atomic E-state index is 0. The predicted molar refractivity (Wildman–Crippen MR) is 111 cm³/mol. The Hall–Kier alpha value is -0.890. The molecule has 1 aliphatic heterocycles.